The number of aryl methyl sites for hydroxylation is 1. The molecule has 0 saturated heterocycles. The Hall–Kier alpha value is -3.09. The normalized spacial score (nSPS) is 11.3. The molecular weight excluding hydrogens is 480 g/mol. The molecule has 3 aromatic carbocycles. The van der Waals surface area contributed by atoms with Crippen LogP contribution in [0.4, 0.5) is 0 Å². The lowest BCUT2D eigenvalue weighted by Crippen LogP contribution is -2.25. The lowest BCUT2D eigenvalue weighted by atomic mass is 10.1. The quantitative estimate of drug-likeness (QED) is 0.296. The van der Waals surface area contributed by atoms with E-state index in [1.54, 1.807) is 13.0 Å². The second-order valence-corrected chi connectivity index (χ2v) is 8.89. The van der Waals surface area contributed by atoms with Gasteiger partial charge in [-0.3, -0.25) is 4.90 Å². The summed E-state index contributed by atoms with van der Waals surface area (Å²) >= 11 is 3.40. The zero-order chi connectivity index (χ0) is 23.4. The molecule has 0 atom stereocenters. The molecule has 6 heteroatoms. The van der Waals surface area contributed by atoms with E-state index in [0.717, 1.165) is 24.3 Å². The van der Waals surface area contributed by atoms with Crippen LogP contribution in [-0.4, -0.2) is 27.1 Å². The second-order valence-electron chi connectivity index (χ2n) is 8.04. The number of benzene rings is 3. The third-order valence-electron chi connectivity index (χ3n) is 5.74. The Bertz CT molecular complexity index is 1210. The van der Waals surface area contributed by atoms with E-state index in [9.17, 15) is 9.90 Å². The van der Waals surface area contributed by atoms with Gasteiger partial charge in [-0.05, 0) is 46.1 Å². The van der Waals surface area contributed by atoms with Gasteiger partial charge in [-0.2, -0.15) is 0 Å². The van der Waals surface area contributed by atoms with E-state index in [1.807, 2.05) is 54.1 Å². The Morgan fingerprint density at radius 1 is 0.970 bits per heavy atom. The highest BCUT2D eigenvalue weighted by Crippen LogP contribution is 2.35. The Balaban J connectivity index is 1.79. The summed E-state index contributed by atoms with van der Waals surface area (Å²) in [5.41, 5.74) is 4.61. The molecule has 170 valence electrons. The molecule has 0 unspecified atom stereocenters. The van der Waals surface area contributed by atoms with Crippen molar-refractivity contribution >= 4 is 32.8 Å². The summed E-state index contributed by atoms with van der Waals surface area (Å²) in [6, 6.07) is 24.1. The van der Waals surface area contributed by atoms with Crippen LogP contribution in [0.1, 0.15) is 34.1 Å². The number of nitrogens with zero attached hydrogens (tertiary/aromatic N) is 2. The fourth-order valence-corrected chi connectivity index (χ4v) is 4.51. The average Bonchev–Trinajstić information content (AvgIpc) is 3.06. The summed E-state index contributed by atoms with van der Waals surface area (Å²) in [7, 11) is 1.95. The van der Waals surface area contributed by atoms with Gasteiger partial charge in [0.1, 0.15) is 5.75 Å². The molecule has 0 aliphatic heterocycles. The number of carbonyl (C=O) groups excluding carboxylic acids is 1. The lowest BCUT2D eigenvalue weighted by Gasteiger charge is -2.24. The molecule has 0 spiro atoms. The van der Waals surface area contributed by atoms with E-state index in [4.69, 9.17) is 4.74 Å². The van der Waals surface area contributed by atoms with Crippen LogP contribution >= 0.6 is 15.9 Å². The summed E-state index contributed by atoms with van der Waals surface area (Å²) in [5, 5.41) is 11.0. The van der Waals surface area contributed by atoms with Crippen LogP contribution in [0.5, 0.6) is 5.75 Å². The van der Waals surface area contributed by atoms with Gasteiger partial charge in [-0.1, -0.05) is 60.7 Å². The Labute approximate surface area is 202 Å². The van der Waals surface area contributed by atoms with Crippen LogP contribution in [0.25, 0.3) is 10.9 Å². The van der Waals surface area contributed by atoms with E-state index >= 15 is 0 Å². The maximum absolute atomic E-state index is 13.0. The molecule has 0 amide bonds. The molecule has 1 aromatic heterocycles. The van der Waals surface area contributed by atoms with Gasteiger partial charge in [-0.15, -0.1) is 0 Å². The van der Waals surface area contributed by atoms with Crippen molar-refractivity contribution in [3.63, 3.8) is 0 Å². The zero-order valence-electron chi connectivity index (χ0n) is 18.8. The summed E-state index contributed by atoms with van der Waals surface area (Å²) in [6.07, 6.45) is 0. The van der Waals surface area contributed by atoms with Crippen molar-refractivity contribution in [2.75, 3.05) is 6.61 Å². The van der Waals surface area contributed by atoms with E-state index in [2.05, 4.69) is 45.1 Å². The molecule has 0 fully saturated rings. The summed E-state index contributed by atoms with van der Waals surface area (Å²) in [5.74, 6) is -0.283. The van der Waals surface area contributed by atoms with Gasteiger partial charge in [0.15, 0.2) is 0 Å². The van der Waals surface area contributed by atoms with Gasteiger partial charge in [0, 0.05) is 37.8 Å². The first-order chi connectivity index (χ1) is 16.0. The molecule has 0 aliphatic carbocycles. The fraction of sp³-hybridized carbons (Fsp3) is 0.222. The van der Waals surface area contributed by atoms with E-state index in [0.29, 0.717) is 22.0 Å². The number of fused-ring (bicyclic) bond motifs is 1. The number of ether oxygens (including phenoxy) is 1. The number of phenols is 1. The van der Waals surface area contributed by atoms with Crippen LogP contribution in [0.2, 0.25) is 0 Å². The highest BCUT2D eigenvalue weighted by molar-refractivity contribution is 9.10. The second kappa shape index (κ2) is 10.2. The Morgan fingerprint density at radius 3 is 2.09 bits per heavy atom. The van der Waals surface area contributed by atoms with Crippen LogP contribution in [0, 0.1) is 0 Å². The molecule has 4 rings (SSSR count). The van der Waals surface area contributed by atoms with Gasteiger partial charge in [0.05, 0.1) is 22.2 Å². The minimum absolute atomic E-state index is 0.0932. The molecule has 4 aromatic rings. The predicted molar refractivity (Wildman–Crippen MR) is 134 cm³/mol. The zero-order valence-corrected chi connectivity index (χ0v) is 20.4. The number of phenolic OH excluding ortho intramolecular Hbond substituents is 1. The predicted octanol–water partition coefficient (Wildman–Crippen LogP) is 6.03. The SMILES string of the molecule is CCOC(=O)c1c(CN(Cc2ccccc2)Cc2ccccc2)n(C)c2cc(Br)c(O)cc12. The number of aromatic hydroxyl groups is 1. The van der Waals surface area contributed by atoms with Gasteiger partial charge in [0.25, 0.3) is 0 Å². The molecule has 0 bridgehead atoms. The van der Waals surface area contributed by atoms with E-state index < -0.39 is 0 Å². The summed E-state index contributed by atoms with van der Waals surface area (Å²) < 4.78 is 8.02. The number of hydrogen-bond donors (Lipinski definition) is 1. The largest absolute Gasteiger partial charge is 0.507 e. The van der Waals surface area contributed by atoms with Gasteiger partial charge in [0.2, 0.25) is 0 Å². The number of carbonyl (C=O) groups is 1. The Kier molecular flexibility index (Phi) is 7.16. The smallest absolute Gasteiger partial charge is 0.340 e. The first-order valence-corrected chi connectivity index (χ1v) is 11.7. The minimum Gasteiger partial charge on any atom is -0.507 e. The lowest BCUT2D eigenvalue weighted by molar-refractivity contribution is 0.0525. The minimum atomic E-state index is -0.376. The molecule has 0 radical (unpaired) electrons. The molecular formula is C27H27BrN2O3. The van der Waals surface area contributed by atoms with Crippen molar-refractivity contribution in [3.05, 3.63) is 99.7 Å². The maximum Gasteiger partial charge on any atom is 0.340 e. The van der Waals surface area contributed by atoms with E-state index in [-0.39, 0.29) is 18.3 Å². The van der Waals surface area contributed by atoms with Crippen molar-refractivity contribution in [1.29, 1.82) is 0 Å². The Morgan fingerprint density at radius 2 is 1.55 bits per heavy atom. The number of aromatic nitrogens is 1. The number of esters is 1. The highest BCUT2D eigenvalue weighted by atomic mass is 79.9. The van der Waals surface area contributed by atoms with Crippen LogP contribution in [-0.2, 0) is 31.4 Å². The molecule has 0 aliphatic rings. The fourth-order valence-electron chi connectivity index (χ4n) is 4.18. The first-order valence-electron chi connectivity index (χ1n) is 10.9. The molecule has 0 saturated carbocycles. The van der Waals surface area contributed by atoms with Crippen molar-refractivity contribution in [2.24, 2.45) is 7.05 Å². The summed E-state index contributed by atoms with van der Waals surface area (Å²) in [6.45, 7) is 4.09. The van der Waals surface area contributed by atoms with Crippen molar-refractivity contribution < 1.29 is 14.6 Å². The van der Waals surface area contributed by atoms with E-state index in [1.165, 1.54) is 11.1 Å². The van der Waals surface area contributed by atoms with Crippen molar-refractivity contribution in [2.45, 2.75) is 26.6 Å². The summed E-state index contributed by atoms with van der Waals surface area (Å²) in [4.78, 5) is 15.4. The van der Waals surface area contributed by atoms with Gasteiger partial charge < -0.3 is 14.4 Å². The molecule has 1 N–H and O–H groups in total. The van der Waals surface area contributed by atoms with Crippen LogP contribution in [0.3, 0.4) is 0 Å². The number of rotatable bonds is 8. The first kappa shape index (κ1) is 23.1. The molecule has 1 heterocycles. The molecule has 33 heavy (non-hydrogen) atoms. The molecule has 5 nitrogen and oxygen atoms in total. The maximum atomic E-state index is 13.0. The standard InChI is InChI=1S/C27H27BrN2O3/c1-3-33-27(32)26-21-14-25(31)22(28)15-23(21)29(2)24(26)18-30(16-19-10-6-4-7-11-19)17-20-12-8-5-9-13-20/h4-15,31H,3,16-18H2,1-2H3. The number of hydrogen-bond acceptors (Lipinski definition) is 4. The third-order valence-corrected chi connectivity index (χ3v) is 6.38. The van der Waals surface area contributed by atoms with Gasteiger partial charge >= 0.3 is 5.97 Å². The number of halogens is 1. The third kappa shape index (κ3) is 5.13. The topological polar surface area (TPSA) is 54.7 Å². The van der Waals surface area contributed by atoms with Gasteiger partial charge in [-0.25, -0.2) is 4.79 Å². The van der Waals surface area contributed by atoms with Crippen LogP contribution in [0.15, 0.2) is 77.3 Å². The van der Waals surface area contributed by atoms with Crippen LogP contribution < -0.4 is 0 Å². The monoisotopic (exact) mass is 506 g/mol. The highest BCUT2D eigenvalue weighted by Gasteiger charge is 2.25. The van der Waals surface area contributed by atoms with Crippen molar-refractivity contribution in [3.8, 4) is 5.75 Å². The average molecular weight is 507 g/mol. The van der Waals surface area contributed by atoms with Crippen molar-refractivity contribution in [1.82, 2.24) is 9.47 Å².